The van der Waals surface area contributed by atoms with Crippen molar-refractivity contribution in [2.24, 2.45) is 5.73 Å². The van der Waals surface area contributed by atoms with E-state index in [-0.39, 0.29) is 23.5 Å². The number of carbonyl (C=O) groups excluding carboxylic acids is 1. The second kappa shape index (κ2) is 8.14. The van der Waals surface area contributed by atoms with E-state index in [9.17, 15) is 17.6 Å². The van der Waals surface area contributed by atoms with E-state index in [0.717, 1.165) is 6.26 Å². The zero-order chi connectivity index (χ0) is 21.2. The normalized spacial score (nSPS) is 12.3. The number of halogens is 1. The third kappa shape index (κ3) is 4.36. The number of hydrogen-bond acceptors (Lipinski definition) is 6. The Labute approximate surface area is 167 Å². The molecule has 0 fully saturated rings. The fourth-order valence-electron chi connectivity index (χ4n) is 2.99. The Hall–Kier alpha value is -3.04. The van der Waals surface area contributed by atoms with Crippen LogP contribution in [0.15, 0.2) is 59.5 Å². The van der Waals surface area contributed by atoms with Crippen LogP contribution in [0.2, 0.25) is 0 Å². The summed E-state index contributed by atoms with van der Waals surface area (Å²) in [6.07, 6.45) is 3.83. The third-order valence-corrected chi connectivity index (χ3v) is 5.49. The lowest BCUT2D eigenvalue weighted by atomic mass is 10.0. The van der Waals surface area contributed by atoms with Gasteiger partial charge in [-0.05, 0) is 35.9 Å². The van der Waals surface area contributed by atoms with Crippen LogP contribution in [0.3, 0.4) is 0 Å². The van der Waals surface area contributed by atoms with E-state index >= 15 is 0 Å². The molecule has 29 heavy (non-hydrogen) atoms. The average molecular weight is 417 g/mol. The molecular formula is C20H20FN3O4S. The fourth-order valence-corrected chi connectivity index (χ4v) is 3.66. The molecule has 0 amide bonds. The van der Waals surface area contributed by atoms with Gasteiger partial charge in [-0.15, -0.1) is 0 Å². The first-order valence-electron chi connectivity index (χ1n) is 8.67. The van der Waals surface area contributed by atoms with Crippen LogP contribution in [0, 0.1) is 0 Å². The topological polar surface area (TPSA) is 104 Å². The molecule has 0 bridgehead atoms. The number of benzene rings is 2. The zero-order valence-corrected chi connectivity index (χ0v) is 16.7. The summed E-state index contributed by atoms with van der Waals surface area (Å²) in [6, 6.07) is 9.49. The summed E-state index contributed by atoms with van der Waals surface area (Å²) in [5, 5.41) is 0. The number of ether oxygens (including phenoxy) is 1. The number of hydrogen-bond donors (Lipinski definition) is 1. The average Bonchev–Trinajstić information content (AvgIpc) is 3.09. The highest BCUT2D eigenvalue weighted by atomic mass is 32.2. The number of allylic oxidation sites excluding steroid dienone is 1. The van der Waals surface area contributed by atoms with E-state index in [1.54, 1.807) is 28.8 Å². The molecule has 0 unspecified atom stereocenters. The maximum Gasteiger partial charge on any atom is 0.337 e. The Bertz CT molecular complexity index is 1220. The number of nitrogens with two attached hydrogens (primary N) is 1. The molecule has 0 saturated carbocycles. The molecule has 0 aliphatic heterocycles. The highest BCUT2D eigenvalue weighted by molar-refractivity contribution is 7.90. The van der Waals surface area contributed by atoms with Crippen LogP contribution in [-0.2, 0) is 21.1 Å². The molecule has 0 spiro atoms. The molecule has 7 nitrogen and oxygen atoms in total. The Morgan fingerprint density at radius 2 is 2.07 bits per heavy atom. The van der Waals surface area contributed by atoms with Gasteiger partial charge in [-0.25, -0.2) is 22.6 Å². The fraction of sp³-hybridized carbons (Fsp3) is 0.200. The van der Waals surface area contributed by atoms with Gasteiger partial charge in [0.2, 0.25) is 0 Å². The molecule has 0 aliphatic carbocycles. The standard InChI is InChI=1S/C20H20FN3O4S/c1-28-20(25)14-9-17(13-4-3-5-16(8-13)29(2,26)27)19-18(10-14)24(12-23-19)11-15(21)6-7-22/h3-6,8-10,12H,7,11,22H2,1-2H3/b15-6-. The number of rotatable bonds is 6. The molecule has 3 rings (SSSR count). The van der Waals surface area contributed by atoms with Crippen molar-refractivity contribution in [1.29, 1.82) is 0 Å². The van der Waals surface area contributed by atoms with Gasteiger partial charge in [0.05, 0.1) is 41.5 Å². The van der Waals surface area contributed by atoms with Crippen LogP contribution >= 0.6 is 0 Å². The molecule has 0 radical (unpaired) electrons. The van der Waals surface area contributed by atoms with Crippen molar-refractivity contribution in [3.05, 3.63) is 60.2 Å². The van der Waals surface area contributed by atoms with Crippen molar-refractivity contribution in [2.75, 3.05) is 19.9 Å². The molecule has 0 atom stereocenters. The van der Waals surface area contributed by atoms with Crippen molar-refractivity contribution in [1.82, 2.24) is 9.55 Å². The largest absolute Gasteiger partial charge is 0.465 e. The van der Waals surface area contributed by atoms with Gasteiger partial charge in [-0.1, -0.05) is 12.1 Å². The summed E-state index contributed by atoms with van der Waals surface area (Å²) in [7, 11) is -2.16. The van der Waals surface area contributed by atoms with Crippen LogP contribution in [0.4, 0.5) is 4.39 Å². The minimum Gasteiger partial charge on any atom is -0.465 e. The van der Waals surface area contributed by atoms with E-state index < -0.39 is 21.6 Å². The Morgan fingerprint density at radius 1 is 1.31 bits per heavy atom. The Kier molecular flexibility index (Phi) is 5.81. The van der Waals surface area contributed by atoms with E-state index in [2.05, 4.69) is 4.98 Å². The number of fused-ring (bicyclic) bond motifs is 1. The van der Waals surface area contributed by atoms with Gasteiger partial charge in [0.1, 0.15) is 5.83 Å². The van der Waals surface area contributed by atoms with Crippen molar-refractivity contribution >= 4 is 26.8 Å². The molecule has 2 aromatic carbocycles. The van der Waals surface area contributed by atoms with Crippen molar-refractivity contribution < 1.29 is 22.3 Å². The number of sulfone groups is 1. The predicted molar refractivity (Wildman–Crippen MR) is 108 cm³/mol. The van der Waals surface area contributed by atoms with Crippen LogP contribution in [0.1, 0.15) is 10.4 Å². The summed E-state index contributed by atoms with van der Waals surface area (Å²) < 4.78 is 44.2. The van der Waals surface area contributed by atoms with E-state index in [4.69, 9.17) is 10.5 Å². The second-order valence-corrected chi connectivity index (χ2v) is 8.46. The predicted octanol–water partition coefficient (Wildman–Crippen LogP) is 2.71. The first-order chi connectivity index (χ1) is 13.7. The monoisotopic (exact) mass is 417 g/mol. The summed E-state index contributed by atoms with van der Waals surface area (Å²) in [5.41, 5.74) is 7.70. The van der Waals surface area contributed by atoms with Crippen molar-refractivity contribution in [3.63, 3.8) is 0 Å². The lowest BCUT2D eigenvalue weighted by molar-refractivity contribution is 0.0601. The summed E-state index contributed by atoms with van der Waals surface area (Å²) in [4.78, 5) is 16.7. The molecular weight excluding hydrogens is 397 g/mol. The lowest BCUT2D eigenvalue weighted by Crippen LogP contribution is -2.04. The quantitative estimate of drug-likeness (QED) is 0.619. The number of methoxy groups -OCH3 is 1. The molecule has 0 saturated heterocycles. The number of nitrogens with zero attached hydrogens (tertiary/aromatic N) is 2. The SMILES string of the molecule is COC(=O)c1cc(-c2cccc(S(C)(=O)=O)c2)c2ncn(C/C(F)=C/CN)c2c1. The minimum absolute atomic E-state index is 0.0649. The molecule has 2 N–H and O–H groups in total. The first-order valence-corrected chi connectivity index (χ1v) is 10.6. The van der Waals surface area contributed by atoms with E-state index in [0.29, 0.717) is 22.2 Å². The highest BCUT2D eigenvalue weighted by Crippen LogP contribution is 2.31. The maximum atomic E-state index is 14.0. The highest BCUT2D eigenvalue weighted by Gasteiger charge is 2.17. The van der Waals surface area contributed by atoms with E-state index in [1.807, 2.05) is 0 Å². The smallest absolute Gasteiger partial charge is 0.337 e. The number of imidazole rings is 1. The lowest BCUT2D eigenvalue weighted by Gasteiger charge is -2.10. The van der Waals surface area contributed by atoms with Gasteiger partial charge in [-0.3, -0.25) is 0 Å². The first kappa shape index (κ1) is 20.7. The maximum absolute atomic E-state index is 14.0. The molecule has 0 aliphatic rings. The van der Waals surface area contributed by atoms with Crippen LogP contribution < -0.4 is 5.73 Å². The number of esters is 1. The van der Waals surface area contributed by atoms with E-state index in [1.165, 1.54) is 31.6 Å². The van der Waals surface area contributed by atoms with Gasteiger partial charge in [-0.2, -0.15) is 0 Å². The van der Waals surface area contributed by atoms with Crippen LogP contribution in [0.25, 0.3) is 22.2 Å². The second-order valence-electron chi connectivity index (χ2n) is 6.44. The minimum atomic E-state index is -3.42. The molecule has 1 aromatic heterocycles. The summed E-state index contributed by atoms with van der Waals surface area (Å²) in [5.74, 6) is -1.01. The van der Waals surface area contributed by atoms with Crippen LogP contribution in [-0.4, -0.2) is 43.8 Å². The summed E-state index contributed by atoms with van der Waals surface area (Å²) >= 11 is 0. The van der Waals surface area contributed by atoms with Crippen molar-refractivity contribution in [3.8, 4) is 11.1 Å². The zero-order valence-electron chi connectivity index (χ0n) is 15.9. The Morgan fingerprint density at radius 3 is 2.72 bits per heavy atom. The third-order valence-electron chi connectivity index (χ3n) is 4.38. The van der Waals surface area contributed by atoms with Gasteiger partial charge in [0, 0.05) is 18.4 Å². The molecule has 3 aromatic rings. The van der Waals surface area contributed by atoms with Gasteiger partial charge in [0.25, 0.3) is 0 Å². The number of carbonyl (C=O) groups is 1. The summed E-state index contributed by atoms with van der Waals surface area (Å²) in [6.45, 7) is -0.0312. The van der Waals surface area contributed by atoms with Crippen molar-refractivity contribution in [2.45, 2.75) is 11.4 Å². The molecule has 152 valence electrons. The van der Waals surface area contributed by atoms with Gasteiger partial charge >= 0.3 is 5.97 Å². The molecule has 1 heterocycles. The number of aromatic nitrogens is 2. The Balaban J connectivity index is 2.25. The van der Waals surface area contributed by atoms with Crippen LogP contribution in [0.5, 0.6) is 0 Å². The molecule has 9 heteroatoms. The van der Waals surface area contributed by atoms with Gasteiger partial charge in [0.15, 0.2) is 9.84 Å². The van der Waals surface area contributed by atoms with Gasteiger partial charge < -0.3 is 15.0 Å².